The van der Waals surface area contributed by atoms with Crippen LogP contribution in [0.3, 0.4) is 0 Å². The van der Waals surface area contributed by atoms with Crippen LogP contribution in [0.4, 0.5) is 0 Å². The molecule has 0 bridgehead atoms. The van der Waals surface area contributed by atoms with Gasteiger partial charge in [-0.1, -0.05) is 42.0 Å². The van der Waals surface area contributed by atoms with Gasteiger partial charge >= 0.3 is 5.97 Å². The van der Waals surface area contributed by atoms with Crippen molar-refractivity contribution in [3.05, 3.63) is 47.5 Å². The second-order valence-corrected chi connectivity index (χ2v) is 6.47. The Labute approximate surface area is 141 Å². The van der Waals surface area contributed by atoms with E-state index in [1.807, 2.05) is 43.3 Å². The Morgan fingerprint density at radius 1 is 1.12 bits per heavy atom. The molecule has 1 heterocycles. The molecule has 5 heteroatoms. The molecule has 5 nitrogen and oxygen atoms in total. The van der Waals surface area contributed by atoms with Gasteiger partial charge in [-0.3, -0.25) is 14.5 Å². The molecule has 0 saturated carbocycles. The van der Waals surface area contributed by atoms with Crippen LogP contribution in [0.2, 0.25) is 0 Å². The summed E-state index contributed by atoms with van der Waals surface area (Å²) in [5, 5.41) is 0. The van der Waals surface area contributed by atoms with E-state index in [1.54, 1.807) is 6.92 Å². The highest BCUT2D eigenvalue weighted by molar-refractivity contribution is 6.08. The third-order valence-electron chi connectivity index (χ3n) is 4.77. The molecular formula is C19H21NO4. The Morgan fingerprint density at radius 3 is 2.21 bits per heavy atom. The molecule has 3 atom stereocenters. The van der Waals surface area contributed by atoms with Crippen LogP contribution in [0.15, 0.2) is 36.4 Å². The molecule has 0 spiro atoms. The van der Waals surface area contributed by atoms with Gasteiger partial charge in [0, 0.05) is 0 Å². The predicted octanol–water partition coefficient (Wildman–Crippen LogP) is 2.38. The zero-order chi connectivity index (χ0) is 17.3. The molecule has 126 valence electrons. The molecule has 1 fully saturated rings. The summed E-state index contributed by atoms with van der Waals surface area (Å²) in [5.74, 6) is -1.71. The largest absolute Gasteiger partial charge is 0.459 e. The van der Waals surface area contributed by atoms with E-state index in [0.29, 0.717) is 12.8 Å². The van der Waals surface area contributed by atoms with E-state index in [0.717, 1.165) is 16.0 Å². The van der Waals surface area contributed by atoms with E-state index in [1.165, 1.54) is 0 Å². The third-order valence-corrected chi connectivity index (χ3v) is 4.77. The number of aryl methyl sites for hydroxylation is 1. The maximum Gasteiger partial charge on any atom is 0.329 e. The first-order valence-electron chi connectivity index (χ1n) is 8.23. The lowest BCUT2D eigenvalue weighted by Gasteiger charge is -2.21. The number of imide groups is 1. The first kappa shape index (κ1) is 16.4. The molecule has 0 N–H and O–H groups in total. The summed E-state index contributed by atoms with van der Waals surface area (Å²) in [6.07, 6.45) is 4.99. The molecule has 3 rings (SSSR count). The lowest BCUT2D eigenvalue weighted by molar-refractivity contribution is -0.159. The minimum Gasteiger partial charge on any atom is -0.459 e. The second-order valence-electron chi connectivity index (χ2n) is 6.47. The smallest absolute Gasteiger partial charge is 0.329 e. The molecule has 1 aromatic rings. The summed E-state index contributed by atoms with van der Waals surface area (Å²) in [5.41, 5.74) is 2.00. The Kier molecular flexibility index (Phi) is 4.51. The van der Waals surface area contributed by atoms with Crippen molar-refractivity contribution in [1.82, 2.24) is 4.90 Å². The van der Waals surface area contributed by atoms with Gasteiger partial charge in [0.05, 0.1) is 11.8 Å². The van der Waals surface area contributed by atoms with Crippen LogP contribution in [0.25, 0.3) is 0 Å². The fourth-order valence-electron chi connectivity index (χ4n) is 3.27. The average molecular weight is 327 g/mol. The summed E-state index contributed by atoms with van der Waals surface area (Å²) in [6, 6.07) is 6.77. The number of allylic oxidation sites excluding steroid dienone is 2. The van der Waals surface area contributed by atoms with Crippen molar-refractivity contribution in [3.8, 4) is 0 Å². The van der Waals surface area contributed by atoms with Crippen LogP contribution in [0.1, 0.15) is 30.9 Å². The summed E-state index contributed by atoms with van der Waals surface area (Å²) in [7, 11) is 0. The molecule has 2 aliphatic rings. The maximum absolute atomic E-state index is 12.5. The Balaban J connectivity index is 1.64. The number of ether oxygens (including phenoxy) is 1. The quantitative estimate of drug-likeness (QED) is 0.484. The second kappa shape index (κ2) is 6.59. The fourth-order valence-corrected chi connectivity index (χ4v) is 3.27. The number of fused-ring (bicyclic) bond motifs is 1. The number of amides is 2. The van der Waals surface area contributed by atoms with Crippen LogP contribution >= 0.6 is 0 Å². The highest BCUT2D eigenvalue weighted by atomic mass is 16.5. The lowest BCUT2D eigenvalue weighted by Crippen LogP contribution is -2.44. The number of likely N-dealkylation sites (tertiary alicyclic amines) is 1. The van der Waals surface area contributed by atoms with Gasteiger partial charge in [0.1, 0.15) is 12.6 Å². The number of carbonyl (C=O) groups excluding carboxylic acids is 3. The van der Waals surface area contributed by atoms with Gasteiger partial charge in [0.15, 0.2) is 0 Å². The standard InChI is InChI=1S/C19H21NO4/c1-12-7-9-14(10-8-12)11-24-19(23)13(2)20-17(21)15-5-3-4-6-16(15)18(20)22/h3-4,7-10,13,15-16H,5-6,11H2,1-2H3/t13-,15-,16+/m0/s1. The van der Waals surface area contributed by atoms with Gasteiger partial charge in [-0.05, 0) is 32.3 Å². The molecule has 1 aromatic carbocycles. The molecule has 1 aliphatic heterocycles. The average Bonchev–Trinajstić information content (AvgIpc) is 2.85. The monoisotopic (exact) mass is 327 g/mol. The minimum absolute atomic E-state index is 0.133. The number of hydrogen-bond acceptors (Lipinski definition) is 4. The van der Waals surface area contributed by atoms with E-state index < -0.39 is 12.0 Å². The zero-order valence-electron chi connectivity index (χ0n) is 13.9. The number of rotatable bonds is 4. The number of nitrogens with zero attached hydrogens (tertiary/aromatic N) is 1. The van der Waals surface area contributed by atoms with Crippen molar-refractivity contribution < 1.29 is 19.1 Å². The van der Waals surface area contributed by atoms with Gasteiger partial charge in [0.25, 0.3) is 0 Å². The van der Waals surface area contributed by atoms with Crippen molar-refractivity contribution in [2.24, 2.45) is 11.8 Å². The molecular weight excluding hydrogens is 306 g/mol. The maximum atomic E-state index is 12.5. The van der Waals surface area contributed by atoms with E-state index in [2.05, 4.69) is 0 Å². The molecule has 0 aromatic heterocycles. The summed E-state index contributed by atoms with van der Waals surface area (Å²) < 4.78 is 5.29. The van der Waals surface area contributed by atoms with Gasteiger partial charge in [-0.15, -0.1) is 0 Å². The van der Waals surface area contributed by atoms with Gasteiger partial charge in [-0.25, -0.2) is 4.79 Å². The highest BCUT2D eigenvalue weighted by Gasteiger charge is 2.50. The SMILES string of the molecule is Cc1ccc(COC(=O)[C@H](C)N2C(=O)[C@H]3CC=CC[C@H]3C2=O)cc1. The highest BCUT2D eigenvalue weighted by Crippen LogP contribution is 2.36. The van der Waals surface area contributed by atoms with Crippen molar-refractivity contribution >= 4 is 17.8 Å². The Hall–Kier alpha value is -2.43. The number of benzene rings is 1. The van der Waals surface area contributed by atoms with Gasteiger partial charge in [0.2, 0.25) is 11.8 Å². The summed E-state index contributed by atoms with van der Waals surface area (Å²) >= 11 is 0. The molecule has 2 amide bonds. The first-order valence-corrected chi connectivity index (χ1v) is 8.23. The number of esters is 1. The fraction of sp³-hybridized carbons (Fsp3) is 0.421. The first-order chi connectivity index (χ1) is 11.5. The van der Waals surface area contributed by atoms with Crippen molar-refractivity contribution in [2.45, 2.75) is 39.3 Å². The van der Waals surface area contributed by atoms with Crippen LogP contribution < -0.4 is 0 Å². The molecule has 24 heavy (non-hydrogen) atoms. The molecule has 1 aliphatic carbocycles. The third kappa shape index (κ3) is 2.98. The molecule has 1 saturated heterocycles. The number of carbonyl (C=O) groups is 3. The van der Waals surface area contributed by atoms with Crippen LogP contribution in [0, 0.1) is 18.8 Å². The Morgan fingerprint density at radius 2 is 1.67 bits per heavy atom. The topological polar surface area (TPSA) is 63.7 Å². The normalized spacial score (nSPS) is 24.0. The lowest BCUT2D eigenvalue weighted by atomic mass is 9.85. The molecule has 0 unspecified atom stereocenters. The van der Waals surface area contributed by atoms with Gasteiger partial charge < -0.3 is 4.74 Å². The van der Waals surface area contributed by atoms with Gasteiger partial charge in [-0.2, -0.15) is 0 Å². The minimum atomic E-state index is -0.888. The van der Waals surface area contributed by atoms with E-state index in [-0.39, 0.29) is 30.3 Å². The van der Waals surface area contributed by atoms with Crippen molar-refractivity contribution in [1.29, 1.82) is 0 Å². The molecule has 0 radical (unpaired) electrons. The van der Waals surface area contributed by atoms with Crippen LogP contribution in [-0.4, -0.2) is 28.7 Å². The van der Waals surface area contributed by atoms with Crippen molar-refractivity contribution in [2.75, 3.05) is 0 Å². The Bertz CT molecular complexity index is 666. The predicted molar refractivity (Wildman–Crippen MR) is 87.6 cm³/mol. The number of hydrogen-bond donors (Lipinski definition) is 0. The van der Waals surface area contributed by atoms with E-state index >= 15 is 0 Å². The van der Waals surface area contributed by atoms with Crippen LogP contribution in [-0.2, 0) is 25.7 Å². The van der Waals surface area contributed by atoms with Crippen molar-refractivity contribution in [3.63, 3.8) is 0 Å². The zero-order valence-corrected chi connectivity index (χ0v) is 13.9. The van der Waals surface area contributed by atoms with Crippen LogP contribution in [0.5, 0.6) is 0 Å². The van der Waals surface area contributed by atoms with E-state index in [4.69, 9.17) is 4.74 Å². The summed E-state index contributed by atoms with van der Waals surface area (Å²) in [4.78, 5) is 38.3. The summed E-state index contributed by atoms with van der Waals surface area (Å²) in [6.45, 7) is 3.67. The van der Waals surface area contributed by atoms with E-state index in [9.17, 15) is 14.4 Å².